The first-order chi connectivity index (χ1) is 12.9. The predicted octanol–water partition coefficient (Wildman–Crippen LogP) is 2.40. The van der Waals surface area contributed by atoms with Crippen LogP contribution in [0.25, 0.3) is 10.8 Å². The highest BCUT2D eigenvalue weighted by molar-refractivity contribution is 6.11. The average molecular weight is 364 g/mol. The van der Waals surface area contributed by atoms with Crippen LogP contribution in [-0.4, -0.2) is 21.6 Å². The van der Waals surface area contributed by atoms with Crippen molar-refractivity contribution >= 4 is 28.3 Å². The van der Waals surface area contributed by atoms with E-state index in [4.69, 9.17) is 5.73 Å². The molecular weight excluding hydrogens is 344 g/mol. The van der Waals surface area contributed by atoms with Crippen LogP contribution in [0.4, 0.5) is 5.69 Å². The van der Waals surface area contributed by atoms with E-state index in [0.29, 0.717) is 28.6 Å². The summed E-state index contributed by atoms with van der Waals surface area (Å²) in [6.07, 6.45) is 0. The SMILES string of the molecule is CC(C)Cn1nc(C(=O)Nc2ccc(C(N)=O)cc2)c2ccccc2c1=O. The lowest BCUT2D eigenvalue weighted by atomic mass is 10.1. The lowest BCUT2D eigenvalue weighted by Gasteiger charge is -2.12. The first-order valence-electron chi connectivity index (χ1n) is 8.58. The summed E-state index contributed by atoms with van der Waals surface area (Å²) in [4.78, 5) is 36.6. The molecule has 7 heteroatoms. The van der Waals surface area contributed by atoms with Gasteiger partial charge < -0.3 is 11.1 Å². The number of aromatic nitrogens is 2. The van der Waals surface area contributed by atoms with E-state index in [9.17, 15) is 14.4 Å². The van der Waals surface area contributed by atoms with Gasteiger partial charge in [0.1, 0.15) is 0 Å². The van der Waals surface area contributed by atoms with Crippen molar-refractivity contribution in [2.75, 3.05) is 5.32 Å². The zero-order chi connectivity index (χ0) is 19.6. The number of nitrogens with zero attached hydrogens (tertiary/aromatic N) is 2. The van der Waals surface area contributed by atoms with E-state index in [-0.39, 0.29) is 17.2 Å². The minimum absolute atomic E-state index is 0.171. The summed E-state index contributed by atoms with van der Waals surface area (Å²) in [5.41, 5.74) is 6.02. The molecule has 0 saturated carbocycles. The Morgan fingerprint density at radius 1 is 1.07 bits per heavy atom. The summed E-state index contributed by atoms with van der Waals surface area (Å²) >= 11 is 0. The Kier molecular flexibility index (Phi) is 5.03. The number of hydrogen-bond donors (Lipinski definition) is 2. The number of carbonyl (C=O) groups is 2. The van der Waals surface area contributed by atoms with Gasteiger partial charge >= 0.3 is 0 Å². The number of carbonyl (C=O) groups excluding carboxylic acids is 2. The number of fused-ring (bicyclic) bond motifs is 1. The third-order valence-corrected chi connectivity index (χ3v) is 4.05. The zero-order valence-corrected chi connectivity index (χ0v) is 15.1. The second kappa shape index (κ2) is 7.41. The molecule has 138 valence electrons. The van der Waals surface area contributed by atoms with Gasteiger partial charge in [-0.1, -0.05) is 32.0 Å². The van der Waals surface area contributed by atoms with Gasteiger partial charge in [-0.05, 0) is 36.2 Å². The van der Waals surface area contributed by atoms with Crippen molar-refractivity contribution in [3.8, 4) is 0 Å². The Bertz CT molecular complexity index is 1070. The molecule has 1 heterocycles. The number of hydrogen-bond acceptors (Lipinski definition) is 4. The zero-order valence-electron chi connectivity index (χ0n) is 15.1. The highest BCUT2D eigenvalue weighted by atomic mass is 16.2. The molecule has 0 radical (unpaired) electrons. The van der Waals surface area contributed by atoms with Crippen LogP contribution < -0.4 is 16.6 Å². The molecule has 2 amide bonds. The average Bonchev–Trinajstić information content (AvgIpc) is 2.64. The Hall–Kier alpha value is -3.48. The lowest BCUT2D eigenvalue weighted by molar-refractivity contribution is 0.0997. The Balaban J connectivity index is 2.01. The molecule has 3 N–H and O–H groups in total. The van der Waals surface area contributed by atoms with Crippen molar-refractivity contribution in [2.24, 2.45) is 11.7 Å². The van der Waals surface area contributed by atoms with Gasteiger partial charge in [-0.2, -0.15) is 5.10 Å². The van der Waals surface area contributed by atoms with Gasteiger partial charge in [0.05, 0.1) is 5.39 Å². The molecule has 0 spiro atoms. The number of nitrogens with two attached hydrogens (primary N) is 1. The quantitative estimate of drug-likeness (QED) is 0.725. The monoisotopic (exact) mass is 364 g/mol. The van der Waals surface area contributed by atoms with Gasteiger partial charge in [0.15, 0.2) is 5.69 Å². The number of benzene rings is 2. The van der Waals surface area contributed by atoms with Crippen molar-refractivity contribution in [1.82, 2.24) is 9.78 Å². The van der Waals surface area contributed by atoms with Gasteiger partial charge in [0.2, 0.25) is 5.91 Å². The van der Waals surface area contributed by atoms with Crippen LogP contribution in [0.2, 0.25) is 0 Å². The van der Waals surface area contributed by atoms with Crippen LogP contribution in [0.5, 0.6) is 0 Å². The van der Waals surface area contributed by atoms with E-state index in [1.165, 1.54) is 16.8 Å². The number of amides is 2. The molecule has 2 aromatic carbocycles. The highest BCUT2D eigenvalue weighted by Gasteiger charge is 2.17. The fourth-order valence-electron chi connectivity index (χ4n) is 2.78. The third kappa shape index (κ3) is 3.87. The predicted molar refractivity (Wildman–Crippen MR) is 104 cm³/mol. The molecule has 3 aromatic rings. The Morgan fingerprint density at radius 2 is 1.70 bits per heavy atom. The summed E-state index contributed by atoms with van der Waals surface area (Å²) in [6, 6.07) is 13.1. The molecule has 27 heavy (non-hydrogen) atoms. The van der Waals surface area contributed by atoms with E-state index in [1.54, 1.807) is 36.4 Å². The first kappa shape index (κ1) is 18.3. The van der Waals surface area contributed by atoms with Gasteiger partial charge in [-0.15, -0.1) is 0 Å². The highest BCUT2D eigenvalue weighted by Crippen LogP contribution is 2.16. The van der Waals surface area contributed by atoms with E-state index < -0.39 is 11.8 Å². The van der Waals surface area contributed by atoms with Gasteiger partial charge in [-0.3, -0.25) is 14.4 Å². The Morgan fingerprint density at radius 3 is 2.30 bits per heavy atom. The molecule has 0 aliphatic heterocycles. The summed E-state index contributed by atoms with van der Waals surface area (Å²) in [7, 11) is 0. The fraction of sp³-hybridized carbons (Fsp3) is 0.200. The summed E-state index contributed by atoms with van der Waals surface area (Å²) in [5.74, 6) is -0.773. The maximum atomic E-state index is 12.8. The molecule has 3 rings (SSSR count). The maximum absolute atomic E-state index is 12.8. The molecule has 0 aliphatic rings. The van der Waals surface area contributed by atoms with E-state index in [1.807, 2.05) is 13.8 Å². The minimum Gasteiger partial charge on any atom is -0.366 e. The van der Waals surface area contributed by atoms with Crippen LogP contribution in [-0.2, 0) is 6.54 Å². The van der Waals surface area contributed by atoms with E-state index in [2.05, 4.69) is 10.4 Å². The first-order valence-corrected chi connectivity index (χ1v) is 8.58. The molecule has 0 bridgehead atoms. The summed E-state index contributed by atoms with van der Waals surface area (Å²) in [5, 5.41) is 7.99. The van der Waals surface area contributed by atoms with Crippen LogP contribution in [0.15, 0.2) is 53.3 Å². The van der Waals surface area contributed by atoms with Crippen LogP contribution in [0.3, 0.4) is 0 Å². The fourth-order valence-corrected chi connectivity index (χ4v) is 2.78. The third-order valence-electron chi connectivity index (χ3n) is 4.05. The second-order valence-corrected chi connectivity index (χ2v) is 6.67. The van der Waals surface area contributed by atoms with Gasteiger partial charge in [-0.25, -0.2) is 4.68 Å². The molecule has 0 unspecified atom stereocenters. The molecule has 7 nitrogen and oxygen atoms in total. The van der Waals surface area contributed by atoms with Crippen molar-refractivity contribution < 1.29 is 9.59 Å². The lowest BCUT2D eigenvalue weighted by Crippen LogP contribution is -2.29. The standard InChI is InChI=1S/C20H20N4O3/c1-12(2)11-24-20(27)16-6-4-3-5-15(16)17(23-24)19(26)22-14-9-7-13(8-10-14)18(21)25/h3-10,12H,11H2,1-2H3,(H2,21,25)(H,22,26). The molecular formula is C20H20N4O3. The summed E-state index contributed by atoms with van der Waals surface area (Å²) in [6.45, 7) is 4.37. The molecule has 0 saturated heterocycles. The molecule has 0 aliphatic carbocycles. The van der Waals surface area contributed by atoms with Crippen LogP contribution in [0.1, 0.15) is 34.7 Å². The van der Waals surface area contributed by atoms with Crippen molar-refractivity contribution in [2.45, 2.75) is 20.4 Å². The number of anilines is 1. The van der Waals surface area contributed by atoms with Crippen molar-refractivity contribution in [1.29, 1.82) is 0 Å². The minimum atomic E-state index is -0.540. The van der Waals surface area contributed by atoms with Crippen molar-refractivity contribution in [3.05, 3.63) is 70.1 Å². The molecule has 1 aromatic heterocycles. The topological polar surface area (TPSA) is 107 Å². The largest absolute Gasteiger partial charge is 0.366 e. The maximum Gasteiger partial charge on any atom is 0.276 e. The second-order valence-electron chi connectivity index (χ2n) is 6.67. The Labute approximate surface area is 155 Å². The molecule has 0 atom stereocenters. The molecule has 0 fully saturated rings. The van der Waals surface area contributed by atoms with E-state index >= 15 is 0 Å². The normalized spacial score (nSPS) is 10.9. The number of primary amides is 1. The summed E-state index contributed by atoms with van der Waals surface area (Å²) < 4.78 is 1.33. The van der Waals surface area contributed by atoms with Crippen molar-refractivity contribution in [3.63, 3.8) is 0 Å². The van der Waals surface area contributed by atoms with Crippen LogP contribution >= 0.6 is 0 Å². The number of nitrogens with one attached hydrogen (secondary N) is 1. The van der Waals surface area contributed by atoms with E-state index in [0.717, 1.165) is 0 Å². The smallest absolute Gasteiger partial charge is 0.276 e. The van der Waals surface area contributed by atoms with Gasteiger partial charge in [0, 0.05) is 23.2 Å². The van der Waals surface area contributed by atoms with Crippen LogP contribution in [0, 0.1) is 5.92 Å². The van der Waals surface area contributed by atoms with Gasteiger partial charge in [0.25, 0.3) is 11.5 Å². The number of rotatable bonds is 5.